The van der Waals surface area contributed by atoms with Gasteiger partial charge < -0.3 is 29.0 Å². The van der Waals surface area contributed by atoms with Crippen LogP contribution in [0.3, 0.4) is 0 Å². The lowest BCUT2D eigenvalue weighted by molar-refractivity contribution is -0.145. The molecule has 2 fully saturated rings. The third kappa shape index (κ3) is 9.41. The number of piperidine rings is 1. The number of ether oxygens (including phenoxy) is 4. The predicted molar refractivity (Wildman–Crippen MR) is 246 cm³/mol. The van der Waals surface area contributed by atoms with Crippen molar-refractivity contribution in [2.45, 2.75) is 58.3 Å². The molecule has 0 unspecified atom stereocenters. The number of amides is 1. The zero-order chi connectivity index (χ0) is 45.4. The van der Waals surface area contributed by atoms with Crippen LogP contribution in [0, 0.1) is 19.7 Å². The van der Waals surface area contributed by atoms with Gasteiger partial charge in [0.15, 0.2) is 5.75 Å². The number of carboxylic acids is 1. The summed E-state index contributed by atoms with van der Waals surface area (Å²) in [5.74, 6) is -0.239. The highest BCUT2D eigenvalue weighted by molar-refractivity contribution is 7.22. The Bertz CT molecular complexity index is 2740. The van der Waals surface area contributed by atoms with E-state index in [1.807, 2.05) is 13.8 Å². The van der Waals surface area contributed by atoms with Crippen LogP contribution in [0.4, 0.5) is 10.3 Å². The predicted octanol–water partition coefficient (Wildman–Crippen LogP) is 8.44. The molecule has 4 aliphatic heterocycles. The van der Waals surface area contributed by atoms with Crippen LogP contribution in [0.2, 0.25) is 10.0 Å². The minimum atomic E-state index is -1.48. The van der Waals surface area contributed by atoms with E-state index in [1.165, 1.54) is 29.8 Å². The molecule has 3 aromatic heterocycles. The molecule has 2 atom stereocenters. The van der Waals surface area contributed by atoms with E-state index in [2.05, 4.69) is 36.8 Å². The number of hydrogen-bond acceptors (Lipinski definition) is 13. The maximum Gasteiger partial charge on any atom is 0.345 e. The largest absolute Gasteiger partial charge is 0.490 e. The number of carbonyl (C=O) groups is 2. The van der Waals surface area contributed by atoms with Crippen LogP contribution in [-0.2, 0) is 22.6 Å². The lowest BCUT2D eigenvalue weighted by Crippen LogP contribution is -2.49. The van der Waals surface area contributed by atoms with Crippen LogP contribution >= 0.6 is 34.5 Å². The summed E-state index contributed by atoms with van der Waals surface area (Å²) in [5, 5.41) is 11.9. The van der Waals surface area contributed by atoms with Gasteiger partial charge in [-0.3, -0.25) is 14.6 Å². The maximum atomic E-state index is 14.4. The van der Waals surface area contributed by atoms with Crippen molar-refractivity contribution < 1.29 is 38.0 Å². The number of aromatic nitrogens is 4. The van der Waals surface area contributed by atoms with E-state index in [0.29, 0.717) is 96.9 Å². The van der Waals surface area contributed by atoms with E-state index in [0.717, 1.165) is 39.0 Å². The smallest absolute Gasteiger partial charge is 0.345 e. The van der Waals surface area contributed by atoms with E-state index < -0.39 is 24.0 Å². The summed E-state index contributed by atoms with van der Waals surface area (Å²) < 4.78 is 40.5. The van der Waals surface area contributed by atoms with Crippen LogP contribution in [0.25, 0.3) is 31.8 Å². The van der Waals surface area contributed by atoms with E-state index in [-0.39, 0.29) is 41.5 Å². The molecule has 4 aliphatic rings. The van der Waals surface area contributed by atoms with Crippen LogP contribution in [0.15, 0.2) is 61.1 Å². The number of aliphatic carboxylic acids is 1. The second-order valence-corrected chi connectivity index (χ2v) is 18.2. The quantitative estimate of drug-likeness (QED) is 0.156. The van der Waals surface area contributed by atoms with Crippen molar-refractivity contribution in [2.75, 3.05) is 57.8 Å². The molecular weight excluding hydrogens is 897 g/mol. The van der Waals surface area contributed by atoms with Gasteiger partial charge in [0.25, 0.3) is 0 Å². The van der Waals surface area contributed by atoms with Crippen LogP contribution in [0.5, 0.6) is 23.1 Å². The second kappa shape index (κ2) is 19.1. The monoisotopic (exact) mass is 941 g/mol. The van der Waals surface area contributed by atoms with Gasteiger partial charge in [-0.15, -0.1) is 11.3 Å². The first-order valence-electron chi connectivity index (χ1n) is 21.4. The van der Waals surface area contributed by atoms with Crippen LogP contribution in [-0.4, -0.2) is 112 Å². The standard InChI is InChI=1S/C47H46Cl2FN7O7S/c1-26-37-27(2)41(49)42(40(26)48)63-33(22-56-18-16-55(3)17-19-56)24-61-32-11-12-34(62-23-31-13-14-51-47(54-31)57-15-5-4-6-36(57)58)29(20-32)21-35(46(59)60)64-44-39-38(37)43(65-45(39)53-25-52-44)28-7-9-30(50)10-8-28/h7-14,20,25,33,35H,4-6,15-19,21-24H2,1-3H3,(H,59,60)/t33-,35-/m1/s1. The number of hydrogen-bond donors (Lipinski definition) is 1. The Morgan fingerprint density at radius 3 is 2.46 bits per heavy atom. The SMILES string of the molecule is Cc1c(Cl)c2c(Cl)c(C)c1-c1c(-c3ccc(F)cc3)sc3ncnc(c13)O[C@@H](C(=O)O)Cc1cc(ccc1OCc1ccnc(N3CCCCC3=O)n1)OC[C@@H](CN1CCN(C)CC1)O2. The van der Waals surface area contributed by atoms with E-state index in [9.17, 15) is 19.1 Å². The van der Waals surface area contributed by atoms with Crippen LogP contribution < -0.4 is 23.8 Å². The average molecular weight is 943 g/mol. The van der Waals surface area contributed by atoms with Gasteiger partial charge >= 0.3 is 5.97 Å². The first-order valence-corrected chi connectivity index (χ1v) is 23.0. The summed E-state index contributed by atoms with van der Waals surface area (Å²) in [6.07, 6.45) is 2.85. The van der Waals surface area contributed by atoms with Gasteiger partial charge in [-0.1, -0.05) is 35.3 Å². The number of piperazine rings is 1. The minimum absolute atomic E-state index is 0.00130. The highest BCUT2D eigenvalue weighted by Crippen LogP contribution is 2.53. The molecule has 0 radical (unpaired) electrons. The molecule has 3 aromatic carbocycles. The molecular formula is C47H46Cl2FN7O7S. The number of fused-ring (bicyclic) bond motifs is 7. The van der Waals surface area contributed by atoms with Gasteiger partial charge in [0, 0.05) is 74.3 Å². The minimum Gasteiger partial charge on any atom is -0.490 e. The highest BCUT2D eigenvalue weighted by Gasteiger charge is 2.32. The van der Waals surface area contributed by atoms with Gasteiger partial charge in [-0.05, 0) is 92.4 Å². The number of halogens is 3. The van der Waals surface area contributed by atoms with Gasteiger partial charge in [-0.2, -0.15) is 0 Å². The maximum absolute atomic E-state index is 14.4. The van der Waals surface area contributed by atoms with Crippen LogP contribution in [0.1, 0.15) is 41.6 Å². The number of rotatable bonds is 8. The number of carbonyl (C=O) groups excluding carboxylic acids is 1. The Hall–Kier alpha value is -5.65. The molecule has 0 spiro atoms. The Labute approximate surface area is 388 Å². The molecule has 2 saturated heterocycles. The van der Waals surface area contributed by atoms with Crippen molar-refractivity contribution in [2.24, 2.45) is 0 Å². The summed E-state index contributed by atoms with van der Waals surface area (Å²) in [5.41, 5.74) is 4.23. The normalized spacial score (nSPS) is 18.5. The Morgan fingerprint density at radius 2 is 1.72 bits per heavy atom. The van der Waals surface area contributed by atoms with E-state index >= 15 is 0 Å². The van der Waals surface area contributed by atoms with Gasteiger partial charge in [-0.25, -0.2) is 29.1 Å². The fourth-order valence-electron chi connectivity index (χ4n) is 8.48. The van der Waals surface area contributed by atoms with Crippen molar-refractivity contribution in [1.82, 2.24) is 29.7 Å². The molecule has 14 nitrogen and oxygen atoms in total. The fraction of sp³-hybridized carbons (Fsp3) is 0.362. The van der Waals surface area contributed by atoms with Gasteiger partial charge in [0.1, 0.15) is 47.8 Å². The number of nitrogens with zero attached hydrogens (tertiary/aromatic N) is 7. The molecule has 4 bridgehead atoms. The summed E-state index contributed by atoms with van der Waals surface area (Å²) >= 11 is 15.9. The summed E-state index contributed by atoms with van der Waals surface area (Å²) in [4.78, 5) is 51.5. The molecule has 65 heavy (non-hydrogen) atoms. The number of anilines is 1. The zero-order valence-corrected chi connectivity index (χ0v) is 38.3. The molecule has 10 rings (SSSR count). The first-order chi connectivity index (χ1) is 31.4. The fourth-order valence-corrected chi connectivity index (χ4v) is 10.1. The third-order valence-electron chi connectivity index (χ3n) is 12.0. The second-order valence-electron chi connectivity index (χ2n) is 16.5. The summed E-state index contributed by atoms with van der Waals surface area (Å²) in [6.45, 7) is 8.32. The molecule has 1 N–H and O–H groups in total. The van der Waals surface area contributed by atoms with E-state index in [4.69, 9.17) is 42.1 Å². The van der Waals surface area contributed by atoms with Crippen molar-refractivity contribution in [1.29, 1.82) is 0 Å². The Balaban J connectivity index is 1.16. The molecule has 18 heteroatoms. The molecule has 1 amide bonds. The Morgan fingerprint density at radius 1 is 0.954 bits per heavy atom. The molecule has 338 valence electrons. The number of thiophene rings is 1. The van der Waals surface area contributed by atoms with Gasteiger partial charge in [0.2, 0.25) is 23.8 Å². The molecule has 7 heterocycles. The zero-order valence-electron chi connectivity index (χ0n) is 36.0. The Kier molecular flexibility index (Phi) is 13.1. The van der Waals surface area contributed by atoms with Gasteiger partial charge in [0.05, 0.1) is 21.1 Å². The third-order valence-corrected chi connectivity index (χ3v) is 14.1. The molecule has 0 saturated carbocycles. The van der Waals surface area contributed by atoms with Crippen molar-refractivity contribution in [3.8, 4) is 44.7 Å². The number of carboxylic acid groups (broad SMARTS) is 1. The summed E-state index contributed by atoms with van der Waals surface area (Å²) in [6, 6.07) is 13.0. The van der Waals surface area contributed by atoms with Crippen molar-refractivity contribution >= 4 is 62.6 Å². The molecule has 0 aliphatic carbocycles. The van der Waals surface area contributed by atoms with Crippen molar-refractivity contribution in [3.63, 3.8) is 0 Å². The highest BCUT2D eigenvalue weighted by atomic mass is 35.5. The lowest BCUT2D eigenvalue weighted by atomic mass is 9.92. The lowest BCUT2D eigenvalue weighted by Gasteiger charge is -2.35. The average Bonchev–Trinajstić information content (AvgIpc) is 3.69. The number of benzene rings is 3. The molecule has 6 aromatic rings. The first kappa shape index (κ1) is 44.5. The van der Waals surface area contributed by atoms with Crippen molar-refractivity contribution in [3.05, 3.63) is 99.3 Å². The topological polar surface area (TPSA) is 153 Å². The van der Waals surface area contributed by atoms with E-state index in [1.54, 1.807) is 47.5 Å². The number of likely N-dealkylation sites (N-methyl/N-ethyl adjacent to an activating group) is 1. The summed E-state index contributed by atoms with van der Waals surface area (Å²) in [7, 11) is 2.10.